The van der Waals surface area contributed by atoms with Gasteiger partial charge in [-0.15, -0.1) is 6.42 Å². The van der Waals surface area contributed by atoms with Crippen LogP contribution in [0.4, 0.5) is 5.69 Å². The minimum atomic E-state index is -0.526. The molecule has 1 rings (SSSR count). The lowest BCUT2D eigenvalue weighted by Crippen LogP contribution is -2.22. The maximum absolute atomic E-state index is 9.31. The van der Waals surface area contributed by atoms with Crippen molar-refractivity contribution in [3.05, 3.63) is 24.0 Å². The number of aliphatic hydroxyl groups excluding tert-OH is 1. The normalized spacial score (nSPS) is 11.9. The van der Waals surface area contributed by atoms with Crippen molar-refractivity contribution in [3.8, 4) is 12.3 Å². The van der Waals surface area contributed by atoms with Gasteiger partial charge >= 0.3 is 0 Å². The highest BCUT2D eigenvalue weighted by Gasteiger charge is 2.05. The Labute approximate surface area is 90.8 Å². The van der Waals surface area contributed by atoms with E-state index in [9.17, 15) is 5.11 Å². The Hall–Kier alpha value is -1.53. The number of aromatic nitrogens is 1. The summed E-state index contributed by atoms with van der Waals surface area (Å²) < 4.78 is 0. The molecule has 0 saturated carbocycles. The third-order valence-electron chi connectivity index (χ3n) is 2.23. The topological polar surface area (TPSA) is 36.4 Å². The predicted octanol–water partition coefficient (Wildman–Crippen LogP) is 1.59. The first-order valence-corrected chi connectivity index (χ1v) is 5.01. The van der Waals surface area contributed by atoms with Crippen molar-refractivity contribution in [2.45, 2.75) is 20.0 Å². The Kier molecular flexibility index (Phi) is 4.14. The third kappa shape index (κ3) is 2.97. The van der Waals surface area contributed by atoms with Crippen molar-refractivity contribution in [3.63, 3.8) is 0 Å². The van der Waals surface area contributed by atoms with Crippen LogP contribution in [-0.4, -0.2) is 23.2 Å². The van der Waals surface area contributed by atoms with E-state index in [0.29, 0.717) is 12.2 Å². The van der Waals surface area contributed by atoms with Crippen molar-refractivity contribution in [2.24, 2.45) is 0 Å². The van der Waals surface area contributed by atoms with Gasteiger partial charge in [0.2, 0.25) is 0 Å². The highest BCUT2D eigenvalue weighted by Crippen LogP contribution is 2.15. The van der Waals surface area contributed by atoms with Gasteiger partial charge in [-0.3, -0.25) is 4.98 Å². The van der Waals surface area contributed by atoms with Crippen LogP contribution in [0.3, 0.4) is 0 Å². The smallest absolute Gasteiger partial charge is 0.0931 e. The van der Waals surface area contributed by atoms with E-state index in [1.807, 2.05) is 24.0 Å². The second-order valence-corrected chi connectivity index (χ2v) is 3.34. The molecule has 0 unspecified atom stereocenters. The molecule has 0 fully saturated rings. The second kappa shape index (κ2) is 5.38. The van der Waals surface area contributed by atoms with E-state index in [1.165, 1.54) is 0 Å². The summed E-state index contributed by atoms with van der Waals surface area (Å²) in [5.41, 5.74) is 1.66. The minimum Gasteiger partial charge on any atom is -0.387 e. The van der Waals surface area contributed by atoms with Crippen LogP contribution in [0.1, 0.15) is 25.6 Å². The van der Waals surface area contributed by atoms with Gasteiger partial charge in [0, 0.05) is 6.54 Å². The number of rotatable bonds is 4. The fourth-order valence-electron chi connectivity index (χ4n) is 1.33. The Balaban J connectivity index is 2.83. The van der Waals surface area contributed by atoms with Crippen LogP contribution in [-0.2, 0) is 0 Å². The zero-order chi connectivity index (χ0) is 11.3. The summed E-state index contributed by atoms with van der Waals surface area (Å²) in [4.78, 5) is 6.21. The second-order valence-electron chi connectivity index (χ2n) is 3.34. The lowest BCUT2D eigenvalue weighted by Gasteiger charge is -2.20. The fourth-order valence-corrected chi connectivity index (χ4v) is 1.33. The van der Waals surface area contributed by atoms with Crippen molar-refractivity contribution < 1.29 is 5.11 Å². The molecule has 3 nitrogen and oxygen atoms in total. The van der Waals surface area contributed by atoms with Crippen molar-refractivity contribution in [2.75, 3.05) is 18.0 Å². The highest BCUT2D eigenvalue weighted by atomic mass is 16.3. The highest BCUT2D eigenvalue weighted by molar-refractivity contribution is 5.45. The van der Waals surface area contributed by atoms with E-state index in [0.717, 1.165) is 12.2 Å². The zero-order valence-electron chi connectivity index (χ0n) is 9.14. The molecule has 1 aromatic rings. The monoisotopic (exact) mass is 204 g/mol. The van der Waals surface area contributed by atoms with Gasteiger partial charge in [0.25, 0.3) is 0 Å². The molecule has 1 heterocycles. The summed E-state index contributed by atoms with van der Waals surface area (Å²) in [6.45, 7) is 5.16. The summed E-state index contributed by atoms with van der Waals surface area (Å²) >= 11 is 0. The largest absolute Gasteiger partial charge is 0.387 e. The molecule has 0 aromatic carbocycles. The molecule has 0 radical (unpaired) electrons. The quantitative estimate of drug-likeness (QED) is 0.757. The summed E-state index contributed by atoms with van der Waals surface area (Å²) in [7, 11) is 0. The maximum Gasteiger partial charge on any atom is 0.0931 e. The van der Waals surface area contributed by atoms with E-state index in [2.05, 4.69) is 10.9 Å². The van der Waals surface area contributed by atoms with Crippen LogP contribution >= 0.6 is 0 Å². The summed E-state index contributed by atoms with van der Waals surface area (Å²) in [5.74, 6) is 2.60. The van der Waals surface area contributed by atoms with Gasteiger partial charge in [-0.2, -0.15) is 0 Å². The lowest BCUT2D eigenvalue weighted by molar-refractivity contribution is 0.194. The Morgan fingerprint density at radius 2 is 2.33 bits per heavy atom. The molecule has 0 aliphatic heterocycles. The molecule has 0 amide bonds. The molecule has 0 aliphatic rings. The predicted molar refractivity (Wildman–Crippen MR) is 61.6 cm³/mol. The van der Waals surface area contributed by atoms with E-state index in [1.54, 1.807) is 13.1 Å². The number of aliphatic hydroxyl groups is 1. The SMILES string of the molecule is C#CCN(CC)c1ccc([C@H](C)O)nc1. The van der Waals surface area contributed by atoms with E-state index in [-0.39, 0.29) is 0 Å². The van der Waals surface area contributed by atoms with Crippen molar-refractivity contribution in [1.29, 1.82) is 0 Å². The standard InChI is InChI=1S/C12H16N2O/c1-4-8-14(5-2)11-6-7-12(10(3)15)13-9-11/h1,6-7,9-10,15H,5,8H2,2-3H3/t10-/m0/s1. The molecule has 0 saturated heterocycles. The Morgan fingerprint density at radius 1 is 1.60 bits per heavy atom. The van der Waals surface area contributed by atoms with Gasteiger partial charge in [0.05, 0.1) is 30.2 Å². The van der Waals surface area contributed by atoms with Crippen LogP contribution in [0.15, 0.2) is 18.3 Å². The van der Waals surface area contributed by atoms with Crippen LogP contribution in [0.5, 0.6) is 0 Å². The number of terminal acetylenes is 1. The van der Waals surface area contributed by atoms with Crippen molar-refractivity contribution >= 4 is 5.69 Å². The van der Waals surface area contributed by atoms with Gasteiger partial charge in [0.15, 0.2) is 0 Å². The number of nitrogens with zero attached hydrogens (tertiary/aromatic N) is 2. The first-order valence-electron chi connectivity index (χ1n) is 5.01. The van der Waals surface area contributed by atoms with Crippen molar-refractivity contribution in [1.82, 2.24) is 4.98 Å². The van der Waals surface area contributed by atoms with Gasteiger partial charge in [-0.25, -0.2) is 0 Å². The van der Waals surface area contributed by atoms with Crippen LogP contribution in [0.25, 0.3) is 0 Å². The third-order valence-corrected chi connectivity index (χ3v) is 2.23. The molecule has 0 spiro atoms. The van der Waals surface area contributed by atoms with E-state index < -0.39 is 6.10 Å². The first kappa shape index (κ1) is 11.5. The molecule has 1 atom stereocenters. The van der Waals surface area contributed by atoms with Gasteiger partial charge in [0.1, 0.15) is 0 Å². The Bertz CT molecular complexity index is 338. The lowest BCUT2D eigenvalue weighted by atomic mass is 10.2. The fraction of sp³-hybridized carbons (Fsp3) is 0.417. The molecule has 80 valence electrons. The minimum absolute atomic E-state index is 0.526. The van der Waals surface area contributed by atoms with Crippen LogP contribution < -0.4 is 4.90 Å². The molecule has 0 aliphatic carbocycles. The number of hydrogen-bond acceptors (Lipinski definition) is 3. The molecule has 1 aromatic heterocycles. The van der Waals surface area contributed by atoms with E-state index in [4.69, 9.17) is 6.42 Å². The van der Waals surface area contributed by atoms with Crippen LogP contribution in [0, 0.1) is 12.3 Å². The Morgan fingerprint density at radius 3 is 2.73 bits per heavy atom. The molecule has 0 bridgehead atoms. The number of pyridine rings is 1. The van der Waals surface area contributed by atoms with Gasteiger partial charge in [-0.1, -0.05) is 5.92 Å². The van der Waals surface area contributed by atoms with Gasteiger partial charge in [-0.05, 0) is 26.0 Å². The van der Waals surface area contributed by atoms with E-state index >= 15 is 0 Å². The summed E-state index contributed by atoms with van der Waals surface area (Å²) in [5, 5.41) is 9.31. The summed E-state index contributed by atoms with van der Waals surface area (Å²) in [6, 6.07) is 3.75. The average molecular weight is 204 g/mol. The number of hydrogen-bond donors (Lipinski definition) is 1. The molecular weight excluding hydrogens is 188 g/mol. The van der Waals surface area contributed by atoms with Crippen LogP contribution in [0.2, 0.25) is 0 Å². The summed E-state index contributed by atoms with van der Waals surface area (Å²) in [6.07, 6.45) is 6.48. The number of anilines is 1. The average Bonchev–Trinajstić information content (AvgIpc) is 2.26. The first-order chi connectivity index (χ1) is 7.19. The maximum atomic E-state index is 9.31. The molecule has 15 heavy (non-hydrogen) atoms. The molecule has 1 N–H and O–H groups in total. The van der Waals surface area contributed by atoms with Gasteiger partial charge < -0.3 is 10.0 Å². The molecule has 3 heteroatoms. The molecular formula is C12H16N2O. The zero-order valence-corrected chi connectivity index (χ0v) is 9.14.